The van der Waals surface area contributed by atoms with Crippen LogP contribution in [0.3, 0.4) is 0 Å². The number of aromatic nitrogens is 2. The number of nitrogens with one attached hydrogen (secondary N) is 1. The van der Waals surface area contributed by atoms with Crippen LogP contribution >= 0.6 is 0 Å². The van der Waals surface area contributed by atoms with Crippen LogP contribution in [0, 0.1) is 6.92 Å². The minimum Gasteiger partial charge on any atom is -0.380 e. The number of rotatable bonds is 3. The van der Waals surface area contributed by atoms with Crippen LogP contribution < -0.4 is 5.32 Å². The first kappa shape index (κ1) is 9.68. The summed E-state index contributed by atoms with van der Waals surface area (Å²) in [4.78, 5) is 0. The standard InChI is InChI=1S/C10H17N3O/c1-8-5-10(13(2)12-8)6-11-9-3-4-14-7-9/h5,9,11H,3-4,6-7H2,1-2H3. The van der Waals surface area contributed by atoms with Crippen LogP contribution in [0.4, 0.5) is 0 Å². The monoisotopic (exact) mass is 195 g/mol. The van der Waals surface area contributed by atoms with E-state index in [1.54, 1.807) is 0 Å². The zero-order valence-corrected chi connectivity index (χ0v) is 8.79. The molecule has 1 unspecified atom stereocenters. The Hall–Kier alpha value is -0.870. The van der Waals surface area contributed by atoms with E-state index in [9.17, 15) is 0 Å². The fourth-order valence-corrected chi connectivity index (χ4v) is 1.77. The van der Waals surface area contributed by atoms with Gasteiger partial charge in [0.05, 0.1) is 18.0 Å². The van der Waals surface area contributed by atoms with Crippen LogP contribution in [0.15, 0.2) is 6.07 Å². The zero-order valence-electron chi connectivity index (χ0n) is 8.79. The molecule has 0 aliphatic carbocycles. The molecule has 1 fully saturated rings. The molecule has 1 saturated heterocycles. The van der Waals surface area contributed by atoms with Crippen molar-refractivity contribution in [1.82, 2.24) is 15.1 Å². The van der Waals surface area contributed by atoms with Gasteiger partial charge in [0.2, 0.25) is 0 Å². The molecule has 0 amide bonds. The molecule has 0 aromatic carbocycles. The minimum absolute atomic E-state index is 0.519. The van der Waals surface area contributed by atoms with Gasteiger partial charge >= 0.3 is 0 Å². The van der Waals surface area contributed by atoms with Gasteiger partial charge in [0.15, 0.2) is 0 Å². The molecule has 1 aliphatic heterocycles. The molecule has 1 aromatic heterocycles. The van der Waals surface area contributed by atoms with Gasteiger partial charge in [-0.1, -0.05) is 0 Å². The molecule has 2 rings (SSSR count). The smallest absolute Gasteiger partial charge is 0.0620 e. The third-order valence-corrected chi connectivity index (χ3v) is 2.60. The third kappa shape index (κ3) is 2.13. The summed E-state index contributed by atoms with van der Waals surface area (Å²) in [5.41, 5.74) is 2.31. The fraction of sp³-hybridized carbons (Fsp3) is 0.700. The number of hydrogen-bond donors (Lipinski definition) is 1. The summed E-state index contributed by atoms with van der Waals surface area (Å²) in [6, 6.07) is 2.63. The topological polar surface area (TPSA) is 39.1 Å². The van der Waals surface area contributed by atoms with Gasteiger partial charge in [-0.25, -0.2) is 0 Å². The van der Waals surface area contributed by atoms with E-state index in [0.717, 1.165) is 31.9 Å². The van der Waals surface area contributed by atoms with Crippen molar-refractivity contribution in [3.8, 4) is 0 Å². The molecular formula is C10H17N3O. The quantitative estimate of drug-likeness (QED) is 0.768. The molecule has 0 radical (unpaired) electrons. The largest absolute Gasteiger partial charge is 0.380 e. The first-order valence-corrected chi connectivity index (χ1v) is 5.06. The molecule has 78 valence electrons. The van der Waals surface area contributed by atoms with Gasteiger partial charge in [-0.05, 0) is 19.4 Å². The van der Waals surface area contributed by atoms with Crippen molar-refractivity contribution in [2.75, 3.05) is 13.2 Å². The summed E-state index contributed by atoms with van der Waals surface area (Å²) < 4.78 is 7.22. The second-order valence-corrected chi connectivity index (χ2v) is 3.84. The van der Waals surface area contributed by atoms with Crippen LogP contribution in [0.5, 0.6) is 0 Å². The Morgan fingerprint density at radius 1 is 1.71 bits per heavy atom. The summed E-state index contributed by atoms with van der Waals surface area (Å²) in [7, 11) is 1.98. The summed E-state index contributed by atoms with van der Waals surface area (Å²) in [6.45, 7) is 4.63. The van der Waals surface area contributed by atoms with E-state index in [1.165, 1.54) is 5.69 Å². The van der Waals surface area contributed by atoms with Gasteiger partial charge in [-0.2, -0.15) is 5.10 Å². The van der Waals surface area contributed by atoms with Crippen LogP contribution in [-0.2, 0) is 18.3 Å². The van der Waals surface area contributed by atoms with E-state index < -0.39 is 0 Å². The third-order valence-electron chi connectivity index (χ3n) is 2.60. The first-order chi connectivity index (χ1) is 6.75. The van der Waals surface area contributed by atoms with E-state index in [4.69, 9.17) is 4.74 Å². The number of hydrogen-bond acceptors (Lipinski definition) is 3. The lowest BCUT2D eigenvalue weighted by Crippen LogP contribution is -2.29. The molecule has 0 bridgehead atoms. The highest BCUT2D eigenvalue weighted by Gasteiger charge is 2.15. The molecule has 2 heterocycles. The maximum absolute atomic E-state index is 5.30. The van der Waals surface area contributed by atoms with E-state index in [0.29, 0.717) is 6.04 Å². The van der Waals surface area contributed by atoms with Crippen molar-refractivity contribution in [3.63, 3.8) is 0 Å². The highest BCUT2D eigenvalue weighted by Crippen LogP contribution is 2.06. The van der Waals surface area contributed by atoms with Gasteiger partial charge < -0.3 is 10.1 Å². The lowest BCUT2D eigenvalue weighted by Gasteiger charge is -2.09. The van der Waals surface area contributed by atoms with Crippen molar-refractivity contribution in [2.45, 2.75) is 25.9 Å². The average molecular weight is 195 g/mol. The predicted octanol–water partition coefficient (Wildman–Crippen LogP) is 0.607. The van der Waals surface area contributed by atoms with Crippen LogP contribution in [0.2, 0.25) is 0 Å². The lowest BCUT2D eigenvalue weighted by molar-refractivity contribution is 0.189. The van der Waals surface area contributed by atoms with Gasteiger partial charge in [0, 0.05) is 26.2 Å². The maximum Gasteiger partial charge on any atom is 0.0620 e. The summed E-state index contributed by atoms with van der Waals surface area (Å²) in [6.07, 6.45) is 1.12. The maximum atomic E-state index is 5.30. The lowest BCUT2D eigenvalue weighted by atomic mass is 10.2. The van der Waals surface area contributed by atoms with E-state index in [-0.39, 0.29) is 0 Å². The molecule has 1 atom stereocenters. The second-order valence-electron chi connectivity index (χ2n) is 3.84. The minimum atomic E-state index is 0.519. The Bertz CT molecular complexity index is 302. The summed E-state index contributed by atoms with van der Waals surface area (Å²) >= 11 is 0. The predicted molar refractivity (Wildman–Crippen MR) is 54.0 cm³/mol. The van der Waals surface area contributed by atoms with Crippen LogP contribution in [0.1, 0.15) is 17.8 Å². The van der Waals surface area contributed by atoms with Gasteiger partial charge in [0.25, 0.3) is 0 Å². The van der Waals surface area contributed by atoms with Gasteiger partial charge in [-0.3, -0.25) is 4.68 Å². The average Bonchev–Trinajstić information content (AvgIpc) is 2.72. The molecular weight excluding hydrogens is 178 g/mol. The van der Waals surface area contributed by atoms with Crippen molar-refractivity contribution in [1.29, 1.82) is 0 Å². The molecule has 4 heteroatoms. The fourth-order valence-electron chi connectivity index (χ4n) is 1.77. The molecule has 0 saturated carbocycles. The number of nitrogens with zero attached hydrogens (tertiary/aromatic N) is 2. The Kier molecular flexibility index (Phi) is 2.84. The Morgan fingerprint density at radius 2 is 2.57 bits per heavy atom. The van der Waals surface area contributed by atoms with Crippen molar-refractivity contribution < 1.29 is 4.74 Å². The Labute approximate surface area is 84.3 Å². The normalized spacial score (nSPS) is 21.7. The van der Waals surface area contributed by atoms with E-state index in [2.05, 4.69) is 16.5 Å². The Balaban J connectivity index is 1.87. The SMILES string of the molecule is Cc1cc(CNC2CCOC2)n(C)n1. The summed E-state index contributed by atoms with van der Waals surface area (Å²) in [5.74, 6) is 0. The molecule has 4 nitrogen and oxygen atoms in total. The van der Waals surface area contributed by atoms with E-state index >= 15 is 0 Å². The van der Waals surface area contributed by atoms with Gasteiger partial charge in [0.1, 0.15) is 0 Å². The second kappa shape index (κ2) is 4.11. The van der Waals surface area contributed by atoms with Crippen molar-refractivity contribution in [2.24, 2.45) is 7.05 Å². The highest BCUT2D eigenvalue weighted by molar-refractivity contribution is 5.08. The van der Waals surface area contributed by atoms with Crippen molar-refractivity contribution >= 4 is 0 Å². The molecule has 1 aliphatic rings. The first-order valence-electron chi connectivity index (χ1n) is 5.06. The summed E-state index contributed by atoms with van der Waals surface area (Å²) in [5, 5.41) is 7.77. The number of ether oxygens (including phenoxy) is 1. The van der Waals surface area contributed by atoms with Crippen molar-refractivity contribution in [3.05, 3.63) is 17.5 Å². The van der Waals surface area contributed by atoms with Crippen LogP contribution in [-0.4, -0.2) is 29.0 Å². The molecule has 1 aromatic rings. The highest BCUT2D eigenvalue weighted by atomic mass is 16.5. The zero-order chi connectivity index (χ0) is 9.97. The molecule has 14 heavy (non-hydrogen) atoms. The molecule has 1 N–H and O–H groups in total. The van der Waals surface area contributed by atoms with E-state index in [1.807, 2.05) is 18.7 Å². The molecule has 0 spiro atoms. The number of aryl methyl sites for hydroxylation is 2. The Morgan fingerprint density at radius 3 is 3.14 bits per heavy atom. The van der Waals surface area contributed by atoms with Gasteiger partial charge in [-0.15, -0.1) is 0 Å². The van der Waals surface area contributed by atoms with Crippen LogP contribution in [0.25, 0.3) is 0 Å².